The highest BCUT2D eigenvalue weighted by molar-refractivity contribution is 5.76. The van der Waals surface area contributed by atoms with E-state index < -0.39 is 0 Å². The molecule has 4 heterocycles. The van der Waals surface area contributed by atoms with Gasteiger partial charge in [0.15, 0.2) is 5.65 Å². The summed E-state index contributed by atoms with van der Waals surface area (Å²) in [5, 5.41) is 8.66. The van der Waals surface area contributed by atoms with Crippen LogP contribution in [0, 0.1) is 0 Å². The van der Waals surface area contributed by atoms with E-state index in [1.807, 2.05) is 64.2 Å². The molecule has 0 aliphatic heterocycles. The van der Waals surface area contributed by atoms with Crippen LogP contribution in [-0.4, -0.2) is 34.5 Å². The van der Waals surface area contributed by atoms with Crippen LogP contribution < -0.4 is 0 Å². The molecule has 5 aromatic rings. The van der Waals surface area contributed by atoms with Crippen molar-refractivity contribution in [3.63, 3.8) is 0 Å². The molecule has 0 saturated heterocycles. The van der Waals surface area contributed by atoms with Gasteiger partial charge in [-0.05, 0) is 42.0 Å². The van der Waals surface area contributed by atoms with E-state index in [2.05, 4.69) is 20.2 Å². The van der Waals surface area contributed by atoms with Gasteiger partial charge in [0.25, 0.3) is 0 Å². The lowest BCUT2D eigenvalue weighted by atomic mass is 10.2. The number of pyridine rings is 1. The fourth-order valence-corrected chi connectivity index (χ4v) is 2.96. The van der Waals surface area contributed by atoms with Gasteiger partial charge in [-0.1, -0.05) is 6.07 Å². The van der Waals surface area contributed by atoms with E-state index in [4.69, 9.17) is 4.98 Å². The summed E-state index contributed by atoms with van der Waals surface area (Å²) in [5.74, 6) is 0.823. The summed E-state index contributed by atoms with van der Waals surface area (Å²) in [4.78, 5) is 12.2. The van der Waals surface area contributed by atoms with E-state index in [0.29, 0.717) is 6.54 Å². The Balaban J connectivity index is 1.46. The van der Waals surface area contributed by atoms with Crippen molar-refractivity contribution in [1.29, 1.82) is 0 Å². The van der Waals surface area contributed by atoms with Crippen LogP contribution in [0.5, 0.6) is 0 Å². The van der Waals surface area contributed by atoms with Crippen LogP contribution in [0.15, 0.2) is 73.4 Å². The number of nitrogens with zero attached hydrogens (tertiary/aromatic N) is 6. The zero-order valence-corrected chi connectivity index (χ0v) is 13.8. The van der Waals surface area contributed by atoms with Crippen molar-refractivity contribution < 1.29 is 0 Å². The Morgan fingerprint density at radius 1 is 0.923 bits per heavy atom. The van der Waals surface area contributed by atoms with Gasteiger partial charge in [0.05, 0.1) is 18.4 Å². The van der Waals surface area contributed by atoms with Crippen LogP contribution in [0.1, 0.15) is 5.56 Å². The molecule has 126 valence electrons. The molecule has 7 nitrogen and oxygen atoms in total. The number of imidazole rings is 1. The zero-order valence-electron chi connectivity index (χ0n) is 13.8. The molecule has 5 rings (SSSR count). The van der Waals surface area contributed by atoms with Crippen molar-refractivity contribution in [2.75, 3.05) is 0 Å². The highest BCUT2D eigenvalue weighted by Gasteiger charge is 2.11. The fraction of sp³-hybridized carbons (Fsp3) is 0.0526. The standard InChI is InChI=1S/C19H15N7/c1-3-14(11-20-8-1)13-26-19-17(12-22-26)23-18(24-19)15-4-6-16(7-5-15)25-10-2-9-21-25/h1-12H,13H2,(H,23,24). The van der Waals surface area contributed by atoms with E-state index >= 15 is 0 Å². The maximum absolute atomic E-state index is 4.73. The fourth-order valence-electron chi connectivity index (χ4n) is 2.96. The van der Waals surface area contributed by atoms with Crippen LogP contribution in [0.3, 0.4) is 0 Å². The summed E-state index contributed by atoms with van der Waals surface area (Å²) in [7, 11) is 0. The number of benzene rings is 1. The molecular weight excluding hydrogens is 326 g/mol. The number of aromatic nitrogens is 7. The molecule has 0 bridgehead atoms. The second-order valence-corrected chi connectivity index (χ2v) is 5.98. The van der Waals surface area contributed by atoms with Crippen molar-refractivity contribution in [3.8, 4) is 17.1 Å². The molecule has 0 aliphatic carbocycles. The lowest BCUT2D eigenvalue weighted by Crippen LogP contribution is -2.02. The van der Waals surface area contributed by atoms with Crippen LogP contribution in [0.25, 0.3) is 28.2 Å². The largest absolute Gasteiger partial charge is 0.335 e. The van der Waals surface area contributed by atoms with Gasteiger partial charge >= 0.3 is 0 Å². The molecule has 4 aromatic heterocycles. The minimum atomic E-state index is 0.639. The van der Waals surface area contributed by atoms with Gasteiger partial charge in [0.2, 0.25) is 0 Å². The number of nitrogens with one attached hydrogen (secondary N) is 1. The second-order valence-electron chi connectivity index (χ2n) is 5.98. The Morgan fingerprint density at radius 3 is 2.62 bits per heavy atom. The number of hydrogen-bond acceptors (Lipinski definition) is 4. The van der Waals surface area contributed by atoms with Gasteiger partial charge in [-0.3, -0.25) is 4.98 Å². The number of fused-ring (bicyclic) bond motifs is 1. The van der Waals surface area contributed by atoms with E-state index in [0.717, 1.165) is 33.8 Å². The lowest BCUT2D eigenvalue weighted by molar-refractivity contribution is 0.702. The smallest absolute Gasteiger partial charge is 0.177 e. The van der Waals surface area contributed by atoms with E-state index in [1.165, 1.54) is 0 Å². The van der Waals surface area contributed by atoms with Gasteiger partial charge in [-0.2, -0.15) is 10.2 Å². The molecular formula is C19H15N7. The highest BCUT2D eigenvalue weighted by atomic mass is 15.3. The number of H-pyrrole nitrogens is 1. The normalized spacial score (nSPS) is 11.2. The zero-order chi connectivity index (χ0) is 17.3. The predicted octanol–water partition coefficient (Wildman–Crippen LogP) is 3.06. The minimum Gasteiger partial charge on any atom is -0.335 e. The SMILES string of the molecule is c1cncc(Cn2ncc3[nH]c(-c4ccc(-n5cccn5)cc4)nc32)c1. The molecule has 0 amide bonds. The number of hydrogen-bond donors (Lipinski definition) is 1. The van der Waals surface area contributed by atoms with Crippen molar-refractivity contribution in [2.24, 2.45) is 0 Å². The third-order valence-corrected chi connectivity index (χ3v) is 4.25. The third kappa shape index (κ3) is 2.55. The molecule has 26 heavy (non-hydrogen) atoms. The second kappa shape index (κ2) is 5.96. The molecule has 1 N–H and O–H groups in total. The van der Waals surface area contributed by atoms with Crippen LogP contribution >= 0.6 is 0 Å². The Kier molecular flexibility index (Phi) is 3.35. The Labute approximate surface area is 149 Å². The Morgan fingerprint density at radius 2 is 1.85 bits per heavy atom. The van der Waals surface area contributed by atoms with Gasteiger partial charge in [0.1, 0.15) is 11.3 Å². The van der Waals surface area contributed by atoms with E-state index in [-0.39, 0.29) is 0 Å². The van der Waals surface area contributed by atoms with Crippen molar-refractivity contribution in [2.45, 2.75) is 6.54 Å². The van der Waals surface area contributed by atoms with Gasteiger partial charge in [-0.15, -0.1) is 0 Å². The summed E-state index contributed by atoms with van der Waals surface area (Å²) >= 11 is 0. The summed E-state index contributed by atoms with van der Waals surface area (Å²) in [6, 6.07) is 14.0. The van der Waals surface area contributed by atoms with E-state index in [1.54, 1.807) is 18.6 Å². The minimum absolute atomic E-state index is 0.639. The Bertz CT molecular complexity index is 1140. The summed E-state index contributed by atoms with van der Waals surface area (Å²) in [6.07, 6.45) is 9.10. The maximum Gasteiger partial charge on any atom is 0.177 e. The highest BCUT2D eigenvalue weighted by Crippen LogP contribution is 2.22. The monoisotopic (exact) mass is 341 g/mol. The first-order valence-corrected chi connectivity index (χ1v) is 8.28. The molecule has 7 heteroatoms. The summed E-state index contributed by atoms with van der Waals surface area (Å²) < 4.78 is 3.71. The predicted molar refractivity (Wildman–Crippen MR) is 97.8 cm³/mol. The number of aromatic amines is 1. The quantitative estimate of drug-likeness (QED) is 0.545. The van der Waals surface area contributed by atoms with Crippen molar-refractivity contribution >= 4 is 11.2 Å². The van der Waals surface area contributed by atoms with Gasteiger partial charge in [0, 0.05) is 30.4 Å². The maximum atomic E-state index is 4.73. The lowest BCUT2D eigenvalue weighted by Gasteiger charge is -2.03. The van der Waals surface area contributed by atoms with Crippen LogP contribution in [0.2, 0.25) is 0 Å². The average Bonchev–Trinajstić information content (AvgIpc) is 3.42. The summed E-state index contributed by atoms with van der Waals surface area (Å²) in [5.41, 5.74) is 4.87. The molecule has 0 saturated carbocycles. The first kappa shape index (κ1) is 14.6. The van der Waals surface area contributed by atoms with Crippen LogP contribution in [0.4, 0.5) is 0 Å². The number of rotatable bonds is 4. The van der Waals surface area contributed by atoms with Gasteiger partial charge < -0.3 is 4.98 Å². The molecule has 0 atom stereocenters. The summed E-state index contributed by atoms with van der Waals surface area (Å²) in [6.45, 7) is 0.639. The average molecular weight is 341 g/mol. The topological polar surface area (TPSA) is 77.2 Å². The molecule has 0 unspecified atom stereocenters. The first-order chi connectivity index (χ1) is 12.9. The van der Waals surface area contributed by atoms with Crippen LogP contribution in [-0.2, 0) is 6.54 Å². The molecule has 0 aliphatic rings. The molecule has 0 radical (unpaired) electrons. The first-order valence-electron chi connectivity index (χ1n) is 8.28. The van der Waals surface area contributed by atoms with Crippen molar-refractivity contribution in [1.82, 2.24) is 34.5 Å². The molecule has 0 fully saturated rings. The Hall–Kier alpha value is -3.74. The third-order valence-electron chi connectivity index (χ3n) is 4.25. The molecule has 1 aromatic carbocycles. The van der Waals surface area contributed by atoms with Crippen molar-refractivity contribution in [3.05, 3.63) is 79.0 Å². The molecule has 0 spiro atoms. The van der Waals surface area contributed by atoms with Gasteiger partial charge in [-0.25, -0.2) is 14.3 Å². The van der Waals surface area contributed by atoms with E-state index in [9.17, 15) is 0 Å².